The van der Waals surface area contributed by atoms with E-state index in [1.54, 1.807) is 11.7 Å². The molecule has 2 aromatic heterocycles. The van der Waals surface area contributed by atoms with Gasteiger partial charge in [-0.1, -0.05) is 13.8 Å². The third-order valence-electron chi connectivity index (χ3n) is 2.63. The van der Waals surface area contributed by atoms with Gasteiger partial charge in [0, 0.05) is 31.6 Å². The Morgan fingerprint density at radius 1 is 1.17 bits per heavy atom. The third kappa shape index (κ3) is 2.32. The second-order valence-electron chi connectivity index (χ2n) is 4.00. The van der Waals surface area contributed by atoms with Gasteiger partial charge in [-0.3, -0.25) is 0 Å². The number of rotatable bonds is 4. The number of aromatic nitrogens is 5. The molecule has 1 N–H and O–H groups in total. The largest absolute Gasteiger partial charge is 0.357 e. The second kappa shape index (κ2) is 5.12. The van der Waals surface area contributed by atoms with Crippen molar-refractivity contribution in [3.8, 4) is 5.82 Å². The Balaban J connectivity index is 2.53. The van der Waals surface area contributed by atoms with Gasteiger partial charge in [0.1, 0.15) is 5.82 Å². The van der Waals surface area contributed by atoms with Crippen molar-refractivity contribution in [2.75, 3.05) is 12.4 Å². The highest BCUT2D eigenvalue weighted by atomic mass is 15.4. The minimum Gasteiger partial charge on any atom is -0.357 e. The van der Waals surface area contributed by atoms with Crippen LogP contribution in [0.1, 0.15) is 31.2 Å². The third-order valence-corrected chi connectivity index (χ3v) is 2.63. The molecule has 2 aromatic rings. The highest BCUT2D eigenvalue weighted by molar-refractivity contribution is 5.34. The molecule has 0 fully saturated rings. The minimum atomic E-state index is 0.598. The maximum Gasteiger partial charge on any atom is 0.224 e. The summed E-state index contributed by atoms with van der Waals surface area (Å²) in [5.74, 6) is 3.12. The predicted molar refractivity (Wildman–Crippen MR) is 70.0 cm³/mol. The maximum absolute atomic E-state index is 4.48. The van der Waals surface area contributed by atoms with Gasteiger partial charge in [0.2, 0.25) is 5.95 Å². The van der Waals surface area contributed by atoms with E-state index >= 15 is 0 Å². The van der Waals surface area contributed by atoms with Crippen molar-refractivity contribution >= 4 is 5.95 Å². The van der Waals surface area contributed by atoms with E-state index in [1.165, 1.54) is 0 Å². The lowest BCUT2D eigenvalue weighted by Crippen LogP contribution is -2.08. The van der Waals surface area contributed by atoms with E-state index < -0.39 is 0 Å². The highest BCUT2D eigenvalue weighted by Crippen LogP contribution is 2.12. The zero-order valence-corrected chi connectivity index (χ0v) is 11.2. The molecule has 0 atom stereocenters. The summed E-state index contributed by atoms with van der Waals surface area (Å²) in [6.07, 6.45) is 1.65. The number of nitrogens with zero attached hydrogens (tertiary/aromatic N) is 5. The lowest BCUT2D eigenvalue weighted by Gasteiger charge is -2.06. The van der Waals surface area contributed by atoms with Crippen LogP contribution in [0, 0.1) is 6.92 Å². The Kier molecular flexibility index (Phi) is 3.55. The first-order chi connectivity index (χ1) is 8.67. The molecule has 18 heavy (non-hydrogen) atoms. The van der Waals surface area contributed by atoms with Gasteiger partial charge in [-0.05, 0) is 6.92 Å². The number of nitrogens with one attached hydrogen (secondary N) is 1. The molecule has 0 aliphatic heterocycles. The van der Waals surface area contributed by atoms with Crippen LogP contribution in [0.25, 0.3) is 5.82 Å². The van der Waals surface area contributed by atoms with Crippen LogP contribution in [-0.2, 0) is 12.8 Å². The Morgan fingerprint density at radius 3 is 2.56 bits per heavy atom. The van der Waals surface area contributed by atoms with Crippen LogP contribution in [-0.4, -0.2) is 31.8 Å². The fraction of sp³-hybridized carbons (Fsp3) is 0.500. The summed E-state index contributed by atoms with van der Waals surface area (Å²) < 4.78 is 1.80. The summed E-state index contributed by atoms with van der Waals surface area (Å²) in [5.41, 5.74) is 0.903. The van der Waals surface area contributed by atoms with Crippen LogP contribution in [0.4, 0.5) is 5.95 Å². The lowest BCUT2D eigenvalue weighted by molar-refractivity contribution is 0.764. The molecule has 2 rings (SSSR count). The van der Waals surface area contributed by atoms with Crippen molar-refractivity contribution in [3.05, 3.63) is 23.4 Å². The fourth-order valence-corrected chi connectivity index (χ4v) is 1.73. The first-order valence-corrected chi connectivity index (χ1v) is 6.16. The quantitative estimate of drug-likeness (QED) is 0.886. The van der Waals surface area contributed by atoms with E-state index in [9.17, 15) is 0 Å². The minimum absolute atomic E-state index is 0.598. The van der Waals surface area contributed by atoms with E-state index in [1.807, 2.05) is 19.9 Å². The molecule has 0 aliphatic rings. The second-order valence-corrected chi connectivity index (χ2v) is 4.00. The molecule has 0 unspecified atom stereocenters. The van der Waals surface area contributed by atoms with Crippen LogP contribution in [0.3, 0.4) is 0 Å². The molecule has 0 radical (unpaired) electrons. The normalized spacial score (nSPS) is 10.7. The summed E-state index contributed by atoms with van der Waals surface area (Å²) in [6.45, 7) is 6.05. The molecule has 0 bridgehead atoms. The van der Waals surface area contributed by atoms with Gasteiger partial charge >= 0.3 is 0 Å². The van der Waals surface area contributed by atoms with Crippen LogP contribution < -0.4 is 5.32 Å². The monoisotopic (exact) mass is 246 g/mol. The summed E-state index contributed by atoms with van der Waals surface area (Å²) in [7, 11) is 1.80. The Bertz CT molecular complexity index is 545. The number of aryl methyl sites for hydroxylation is 3. The molecule has 0 spiro atoms. The zero-order chi connectivity index (χ0) is 13.1. The smallest absolute Gasteiger partial charge is 0.224 e. The van der Waals surface area contributed by atoms with Gasteiger partial charge in [0.15, 0.2) is 11.6 Å². The van der Waals surface area contributed by atoms with Crippen molar-refractivity contribution < 1.29 is 0 Å². The van der Waals surface area contributed by atoms with Crippen molar-refractivity contribution in [2.45, 2.75) is 33.6 Å². The maximum atomic E-state index is 4.48. The summed E-state index contributed by atoms with van der Waals surface area (Å²) >= 11 is 0. The first kappa shape index (κ1) is 12.5. The van der Waals surface area contributed by atoms with E-state index in [-0.39, 0.29) is 0 Å². The van der Waals surface area contributed by atoms with E-state index in [0.717, 1.165) is 36.0 Å². The molecule has 6 heteroatoms. The van der Waals surface area contributed by atoms with Crippen LogP contribution in [0.2, 0.25) is 0 Å². The zero-order valence-electron chi connectivity index (χ0n) is 11.2. The molecular weight excluding hydrogens is 228 g/mol. The number of hydrogen-bond acceptors (Lipinski definition) is 5. The fourth-order valence-electron chi connectivity index (χ4n) is 1.73. The van der Waals surface area contributed by atoms with Crippen LogP contribution >= 0.6 is 0 Å². The van der Waals surface area contributed by atoms with Crippen LogP contribution in [0.5, 0.6) is 0 Å². The van der Waals surface area contributed by atoms with Crippen molar-refractivity contribution in [1.29, 1.82) is 0 Å². The van der Waals surface area contributed by atoms with Gasteiger partial charge < -0.3 is 5.32 Å². The molecule has 0 saturated heterocycles. The van der Waals surface area contributed by atoms with Crippen molar-refractivity contribution in [3.63, 3.8) is 0 Å². The average Bonchev–Trinajstić information content (AvgIpc) is 2.81. The first-order valence-electron chi connectivity index (χ1n) is 6.16. The Hall–Kier alpha value is -1.98. The van der Waals surface area contributed by atoms with Gasteiger partial charge in [0.05, 0.1) is 0 Å². The summed E-state index contributed by atoms with van der Waals surface area (Å²) in [6, 6.07) is 1.91. The van der Waals surface area contributed by atoms with E-state index in [0.29, 0.717) is 5.95 Å². The molecule has 6 nitrogen and oxygen atoms in total. The average molecular weight is 246 g/mol. The van der Waals surface area contributed by atoms with Crippen molar-refractivity contribution in [2.24, 2.45) is 0 Å². The van der Waals surface area contributed by atoms with E-state index in [4.69, 9.17) is 0 Å². The van der Waals surface area contributed by atoms with E-state index in [2.05, 4.69) is 32.3 Å². The van der Waals surface area contributed by atoms with Crippen molar-refractivity contribution in [1.82, 2.24) is 24.7 Å². The number of anilines is 1. The molecule has 0 aliphatic carbocycles. The Labute approximate surface area is 106 Å². The molecule has 2 heterocycles. The SMILES string of the molecule is CCc1nc(CC)n(-c2cc(C)nc(NC)n2)n1. The molecule has 0 aromatic carbocycles. The predicted octanol–water partition coefficient (Wildman–Crippen LogP) is 1.53. The molecule has 0 amide bonds. The van der Waals surface area contributed by atoms with Gasteiger partial charge in [-0.25, -0.2) is 9.97 Å². The van der Waals surface area contributed by atoms with Gasteiger partial charge in [-0.2, -0.15) is 9.67 Å². The van der Waals surface area contributed by atoms with Crippen LogP contribution in [0.15, 0.2) is 6.07 Å². The number of hydrogen-bond donors (Lipinski definition) is 1. The summed E-state index contributed by atoms with van der Waals surface area (Å²) in [4.78, 5) is 13.2. The van der Waals surface area contributed by atoms with Gasteiger partial charge in [-0.15, -0.1) is 5.10 Å². The molecular formula is C12H18N6. The lowest BCUT2D eigenvalue weighted by atomic mass is 10.4. The standard InChI is InChI=1S/C12H18N6/c1-5-9-15-10(6-2)18(17-9)11-7-8(3)14-12(13-4)16-11/h7H,5-6H2,1-4H3,(H,13,14,16). The molecule has 96 valence electrons. The molecule has 0 saturated carbocycles. The Morgan fingerprint density at radius 2 is 1.94 bits per heavy atom. The van der Waals surface area contributed by atoms with Gasteiger partial charge in [0.25, 0.3) is 0 Å². The topological polar surface area (TPSA) is 68.5 Å². The summed E-state index contributed by atoms with van der Waals surface area (Å²) in [5, 5.41) is 7.43. The highest BCUT2D eigenvalue weighted by Gasteiger charge is 2.11.